The molecule has 4 rings (SSSR count). The number of carbonyl (C=O) groups is 1. The number of halogens is 4. The van der Waals surface area contributed by atoms with Crippen molar-refractivity contribution < 1.29 is 31.8 Å². The number of nitrogens with one attached hydrogen (secondary N) is 1. The number of amides is 2. The second-order valence-corrected chi connectivity index (χ2v) is 6.49. The Bertz CT molecular complexity index is 905. The van der Waals surface area contributed by atoms with Crippen molar-refractivity contribution in [3.63, 3.8) is 0 Å². The van der Waals surface area contributed by atoms with E-state index in [1.54, 1.807) is 6.20 Å². The number of benzene rings is 1. The van der Waals surface area contributed by atoms with Crippen molar-refractivity contribution in [3.8, 4) is 5.75 Å². The van der Waals surface area contributed by atoms with Crippen molar-refractivity contribution in [1.82, 2.24) is 9.88 Å². The first-order valence-corrected chi connectivity index (χ1v) is 8.75. The molecule has 0 radical (unpaired) electrons. The molecule has 1 fully saturated rings. The fourth-order valence-corrected chi connectivity index (χ4v) is 3.16. The monoisotopic (exact) mass is 412 g/mol. The minimum atomic E-state index is -4.44. The largest absolute Gasteiger partial charge is 0.540 e. The Morgan fingerprint density at radius 3 is 2.52 bits per heavy atom. The molecule has 0 unspecified atom stereocenters. The van der Waals surface area contributed by atoms with Crippen LogP contribution in [0.1, 0.15) is 5.56 Å². The number of hydrogen-bond acceptors (Lipinski definition) is 5. The summed E-state index contributed by atoms with van der Waals surface area (Å²) in [7, 11) is 0. The van der Waals surface area contributed by atoms with E-state index in [4.69, 9.17) is 0 Å². The average molecular weight is 412 g/mol. The smallest absolute Gasteiger partial charge is 0.409 e. The van der Waals surface area contributed by atoms with Crippen molar-refractivity contribution in [2.24, 2.45) is 0 Å². The third kappa shape index (κ3) is 4.04. The number of nitrogens with zero attached hydrogens (tertiary/aromatic N) is 3. The van der Waals surface area contributed by atoms with Crippen LogP contribution in [0.3, 0.4) is 0 Å². The first-order valence-electron chi connectivity index (χ1n) is 8.75. The standard InChI is InChI=1S/C18H16F4N4O3/c19-17(20)13-11-12(4-5-14(13)28-18(21,22)29-17)24-16(27)26-9-7-25(8-10-26)15-3-1-2-6-23-15/h1-6,11H,7-10H2,(H,24,27). The number of carbonyl (C=O) groups excluding carboxylic acids is 1. The third-order valence-corrected chi connectivity index (χ3v) is 4.56. The molecule has 154 valence electrons. The Hall–Kier alpha value is -3.08. The molecule has 0 spiro atoms. The molecule has 2 amide bonds. The normalized spacial score (nSPS) is 19.9. The lowest BCUT2D eigenvalue weighted by Gasteiger charge is -2.35. The number of ether oxygens (including phenoxy) is 2. The van der Waals surface area contributed by atoms with E-state index in [9.17, 15) is 22.4 Å². The van der Waals surface area contributed by atoms with Crippen molar-refractivity contribution in [3.05, 3.63) is 48.2 Å². The summed E-state index contributed by atoms with van der Waals surface area (Å²) in [5.41, 5.74) is -0.876. The van der Waals surface area contributed by atoms with Crippen LogP contribution in [0.2, 0.25) is 0 Å². The van der Waals surface area contributed by atoms with Crippen molar-refractivity contribution >= 4 is 17.5 Å². The highest BCUT2D eigenvalue weighted by Crippen LogP contribution is 2.46. The lowest BCUT2D eigenvalue weighted by molar-refractivity contribution is -0.461. The van der Waals surface area contributed by atoms with Gasteiger partial charge in [-0.15, -0.1) is 8.78 Å². The summed E-state index contributed by atoms with van der Waals surface area (Å²) < 4.78 is 61.4. The van der Waals surface area contributed by atoms with E-state index >= 15 is 0 Å². The lowest BCUT2D eigenvalue weighted by atomic mass is 10.1. The topological polar surface area (TPSA) is 66.9 Å². The van der Waals surface area contributed by atoms with Gasteiger partial charge in [0.15, 0.2) is 0 Å². The van der Waals surface area contributed by atoms with E-state index in [1.807, 2.05) is 23.1 Å². The fraction of sp³-hybridized carbons (Fsp3) is 0.333. The zero-order chi connectivity index (χ0) is 20.6. The molecule has 0 aliphatic carbocycles. The first-order chi connectivity index (χ1) is 13.7. The van der Waals surface area contributed by atoms with Crippen LogP contribution < -0.4 is 15.0 Å². The third-order valence-electron chi connectivity index (χ3n) is 4.56. The maximum Gasteiger partial charge on any atom is 0.540 e. The Balaban J connectivity index is 1.41. The molecule has 7 nitrogen and oxygen atoms in total. The number of pyridine rings is 1. The molecule has 0 bridgehead atoms. The molecule has 11 heteroatoms. The quantitative estimate of drug-likeness (QED) is 0.766. The van der Waals surface area contributed by atoms with E-state index in [2.05, 4.69) is 19.8 Å². The molecule has 2 aliphatic rings. The summed E-state index contributed by atoms with van der Waals surface area (Å²) in [6.45, 7) is 1.93. The van der Waals surface area contributed by atoms with Gasteiger partial charge < -0.3 is 19.9 Å². The SMILES string of the molecule is O=C(Nc1ccc2c(c1)C(F)(F)OC(F)(F)O2)N1CCN(c2ccccn2)CC1. The molecule has 3 heterocycles. The summed E-state index contributed by atoms with van der Waals surface area (Å²) in [5.74, 6) is 0.0921. The molecular weight excluding hydrogens is 396 g/mol. The van der Waals surface area contributed by atoms with Crippen LogP contribution in [-0.4, -0.2) is 48.4 Å². The van der Waals surface area contributed by atoms with Crippen LogP contribution >= 0.6 is 0 Å². The van der Waals surface area contributed by atoms with E-state index in [1.165, 1.54) is 11.0 Å². The first kappa shape index (κ1) is 19.2. The molecule has 2 aromatic rings. The second-order valence-electron chi connectivity index (χ2n) is 6.49. The molecule has 29 heavy (non-hydrogen) atoms. The zero-order valence-corrected chi connectivity index (χ0v) is 14.9. The van der Waals surface area contributed by atoms with E-state index < -0.39 is 29.7 Å². The molecule has 1 aromatic heterocycles. The lowest BCUT2D eigenvalue weighted by Crippen LogP contribution is -2.50. The number of anilines is 2. The number of piperazine rings is 1. The average Bonchev–Trinajstić information content (AvgIpc) is 2.68. The number of hydrogen-bond donors (Lipinski definition) is 1. The highest BCUT2D eigenvalue weighted by atomic mass is 19.3. The van der Waals surface area contributed by atoms with Crippen LogP contribution in [-0.2, 0) is 10.8 Å². The maximum absolute atomic E-state index is 13.9. The Morgan fingerprint density at radius 2 is 1.83 bits per heavy atom. The van der Waals surface area contributed by atoms with Gasteiger partial charge in [0.2, 0.25) is 0 Å². The highest BCUT2D eigenvalue weighted by Gasteiger charge is 2.54. The van der Waals surface area contributed by atoms with Crippen molar-refractivity contribution in [1.29, 1.82) is 0 Å². The summed E-state index contributed by atoms with van der Waals surface area (Å²) in [6, 6.07) is 8.07. The molecular formula is C18H16F4N4O3. The summed E-state index contributed by atoms with van der Waals surface area (Å²) in [4.78, 5) is 20.3. The van der Waals surface area contributed by atoms with Crippen LogP contribution in [0.4, 0.5) is 33.9 Å². The Morgan fingerprint density at radius 1 is 1.07 bits per heavy atom. The van der Waals surface area contributed by atoms with Gasteiger partial charge in [-0.2, -0.15) is 8.78 Å². The van der Waals surface area contributed by atoms with Gasteiger partial charge in [-0.05, 0) is 30.3 Å². The highest BCUT2D eigenvalue weighted by molar-refractivity contribution is 5.89. The molecule has 1 saturated heterocycles. The number of alkyl halides is 4. The van der Waals surface area contributed by atoms with Crippen LogP contribution in [0, 0.1) is 0 Å². The van der Waals surface area contributed by atoms with E-state index in [0.29, 0.717) is 26.2 Å². The van der Waals surface area contributed by atoms with Gasteiger partial charge >= 0.3 is 18.4 Å². The van der Waals surface area contributed by atoms with Gasteiger partial charge in [-0.25, -0.2) is 14.5 Å². The fourth-order valence-electron chi connectivity index (χ4n) is 3.16. The molecule has 2 aliphatic heterocycles. The molecule has 0 saturated carbocycles. The van der Waals surface area contributed by atoms with Crippen LogP contribution in [0.15, 0.2) is 42.6 Å². The summed E-state index contributed by atoms with van der Waals surface area (Å²) in [6.07, 6.45) is -7.01. The number of rotatable bonds is 2. The maximum atomic E-state index is 13.9. The van der Waals surface area contributed by atoms with E-state index in [-0.39, 0.29) is 5.69 Å². The number of fused-ring (bicyclic) bond motifs is 1. The number of aromatic nitrogens is 1. The van der Waals surface area contributed by atoms with Crippen LogP contribution in [0.25, 0.3) is 0 Å². The molecule has 1 N–H and O–H groups in total. The van der Waals surface area contributed by atoms with Gasteiger partial charge in [-0.1, -0.05) is 6.07 Å². The van der Waals surface area contributed by atoms with Gasteiger partial charge in [0.25, 0.3) is 0 Å². The predicted octanol–water partition coefficient (Wildman–Crippen LogP) is 3.44. The minimum absolute atomic E-state index is 0.0120. The number of urea groups is 1. The molecule has 0 atom stereocenters. The Labute approximate surface area is 162 Å². The van der Waals surface area contributed by atoms with Gasteiger partial charge in [0, 0.05) is 38.1 Å². The Kier molecular flexibility index (Phi) is 4.69. The summed E-state index contributed by atoms with van der Waals surface area (Å²) in [5, 5.41) is 2.50. The van der Waals surface area contributed by atoms with Gasteiger partial charge in [0.1, 0.15) is 11.6 Å². The van der Waals surface area contributed by atoms with Crippen LogP contribution in [0.5, 0.6) is 5.75 Å². The summed E-state index contributed by atoms with van der Waals surface area (Å²) >= 11 is 0. The van der Waals surface area contributed by atoms with Crippen molar-refractivity contribution in [2.45, 2.75) is 12.4 Å². The zero-order valence-electron chi connectivity index (χ0n) is 14.9. The van der Waals surface area contributed by atoms with Gasteiger partial charge in [-0.3, -0.25) is 0 Å². The van der Waals surface area contributed by atoms with Crippen molar-refractivity contribution in [2.75, 3.05) is 36.4 Å². The second kappa shape index (κ2) is 7.07. The predicted molar refractivity (Wildman–Crippen MR) is 94.0 cm³/mol. The minimum Gasteiger partial charge on any atom is -0.409 e. The van der Waals surface area contributed by atoms with E-state index in [0.717, 1.165) is 18.0 Å². The molecule has 1 aromatic carbocycles. The van der Waals surface area contributed by atoms with Gasteiger partial charge in [0.05, 0.1) is 5.56 Å².